The molecule has 0 fully saturated rings. The number of aliphatic hydroxyl groups excluding tert-OH is 1. The molecule has 0 heterocycles. The average Bonchev–Trinajstić information content (AvgIpc) is 2.22. The highest BCUT2D eigenvalue weighted by atomic mass is 35.5. The molecule has 0 atom stereocenters. The highest BCUT2D eigenvalue weighted by molar-refractivity contribution is 6.42. The molecule has 7 heteroatoms. The Kier molecular flexibility index (Phi) is 5.24. The number of nitrogen functional groups attached to an aromatic ring is 1. The molecular weight excluding hydrogens is 273 g/mol. The number of hydrogen-bond acceptors (Lipinski definition) is 3. The Labute approximate surface area is 108 Å². The second-order valence-electron chi connectivity index (χ2n) is 3.39. The highest BCUT2D eigenvalue weighted by Crippen LogP contribution is 2.33. The number of benzene rings is 1. The Balaban J connectivity index is 3.04. The van der Waals surface area contributed by atoms with Gasteiger partial charge in [0.25, 0.3) is 6.43 Å². The molecule has 96 valence electrons. The predicted molar refractivity (Wildman–Crippen MR) is 66.2 cm³/mol. The minimum absolute atomic E-state index is 0.0481. The van der Waals surface area contributed by atoms with Crippen LogP contribution in [0.3, 0.4) is 0 Å². The Morgan fingerprint density at radius 3 is 2.41 bits per heavy atom. The summed E-state index contributed by atoms with van der Waals surface area (Å²) in [6.07, 6.45) is -2.53. The fraction of sp³-hybridized carbons (Fsp3) is 0.400. The molecule has 0 radical (unpaired) electrons. The van der Waals surface area contributed by atoms with Gasteiger partial charge >= 0.3 is 0 Å². The molecule has 0 unspecified atom stereocenters. The van der Waals surface area contributed by atoms with Crippen molar-refractivity contribution in [2.24, 2.45) is 0 Å². The third-order valence-electron chi connectivity index (χ3n) is 2.14. The number of hydrogen-bond donors (Lipinski definition) is 2. The number of alkyl halides is 2. The number of anilines is 2. The zero-order valence-corrected chi connectivity index (χ0v) is 10.3. The first-order valence-electron chi connectivity index (χ1n) is 4.84. The molecule has 0 aliphatic heterocycles. The summed E-state index contributed by atoms with van der Waals surface area (Å²) in [4.78, 5) is 1.27. The van der Waals surface area contributed by atoms with E-state index < -0.39 is 13.0 Å². The highest BCUT2D eigenvalue weighted by Gasteiger charge is 2.16. The van der Waals surface area contributed by atoms with E-state index in [-0.39, 0.29) is 28.9 Å². The van der Waals surface area contributed by atoms with Gasteiger partial charge in [-0.3, -0.25) is 0 Å². The van der Waals surface area contributed by atoms with E-state index in [0.29, 0.717) is 5.69 Å². The summed E-state index contributed by atoms with van der Waals surface area (Å²) in [6, 6.07) is 2.81. The normalized spacial score (nSPS) is 10.9. The maximum atomic E-state index is 12.4. The minimum atomic E-state index is -2.53. The van der Waals surface area contributed by atoms with Gasteiger partial charge < -0.3 is 15.7 Å². The standard InChI is InChI=1S/C10H12Cl2F2N2O/c11-6-3-8(15)9(4-7(6)12)16(1-2-17)5-10(13)14/h3-4,10,17H,1-2,5,15H2. The van der Waals surface area contributed by atoms with Gasteiger partial charge in [-0.1, -0.05) is 23.2 Å². The molecular formula is C10H12Cl2F2N2O. The van der Waals surface area contributed by atoms with Crippen molar-refractivity contribution < 1.29 is 13.9 Å². The van der Waals surface area contributed by atoms with E-state index in [1.165, 1.54) is 17.0 Å². The fourth-order valence-electron chi connectivity index (χ4n) is 1.42. The summed E-state index contributed by atoms with van der Waals surface area (Å²) in [5, 5.41) is 9.33. The number of nitrogens with zero attached hydrogens (tertiary/aromatic N) is 1. The van der Waals surface area contributed by atoms with E-state index in [1.807, 2.05) is 0 Å². The van der Waals surface area contributed by atoms with E-state index in [4.69, 9.17) is 34.0 Å². The molecule has 0 spiro atoms. The van der Waals surface area contributed by atoms with Crippen LogP contribution < -0.4 is 10.6 Å². The zero-order valence-electron chi connectivity index (χ0n) is 8.84. The van der Waals surface area contributed by atoms with E-state index in [0.717, 1.165) is 0 Å². The lowest BCUT2D eigenvalue weighted by molar-refractivity contribution is 0.153. The fourth-order valence-corrected chi connectivity index (χ4v) is 1.75. The number of rotatable bonds is 5. The maximum absolute atomic E-state index is 12.4. The lowest BCUT2D eigenvalue weighted by Crippen LogP contribution is -2.32. The second kappa shape index (κ2) is 6.23. The lowest BCUT2D eigenvalue weighted by Gasteiger charge is -2.25. The molecule has 3 nitrogen and oxygen atoms in total. The Hall–Kier alpha value is -0.780. The van der Waals surface area contributed by atoms with E-state index in [1.54, 1.807) is 0 Å². The van der Waals surface area contributed by atoms with Crippen LogP contribution in [0.5, 0.6) is 0 Å². The lowest BCUT2D eigenvalue weighted by atomic mass is 10.2. The molecule has 0 aromatic heterocycles. The summed E-state index contributed by atoms with van der Waals surface area (Å²) in [5.74, 6) is 0. The van der Waals surface area contributed by atoms with Crippen LogP contribution in [0, 0.1) is 0 Å². The van der Waals surface area contributed by atoms with Gasteiger partial charge in [-0.2, -0.15) is 0 Å². The Morgan fingerprint density at radius 1 is 1.29 bits per heavy atom. The van der Waals surface area contributed by atoms with Gasteiger partial charge in [0, 0.05) is 6.54 Å². The molecule has 1 aromatic carbocycles. The topological polar surface area (TPSA) is 49.5 Å². The minimum Gasteiger partial charge on any atom is -0.397 e. The van der Waals surface area contributed by atoms with Crippen LogP contribution in [0.4, 0.5) is 20.2 Å². The van der Waals surface area contributed by atoms with E-state index in [2.05, 4.69) is 0 Å². The van der Waals surface area contributed by atoms with E-state index in [9.17, 15) is 8.78 Å². The molecule has 1 rings (SSSR count). The van der Waals surface area contributed by atoms with Crippen LogP contribution in [0.2, 0.25) is 10.0 Å². The molecule has 0 saturated heterocycles. The molecule has 1 aromatic rings. The van der Waals surface area contributed by atoms with Crippen molar-refractivity contribution in [3.8, 4) is 0 Å². The second-order valence-corrected chi connectivity index (χ2v) is 4.20. The molecule has 0 aliphatic carbocycles. The van der Waals surface area contributed by atoms with E-state index >= 15 is 0 Å². The Morgan fingerprint density at radius 2 is 1.88 bits per heavy atom. The summed E-state index contributed by atoms with van der Waals surface area (Å²) < 4.78 is 24.8. The van der Waals surface area contributed by atoms with Gasteiger partial charge in [-0.25, -0.2) is 8.78 Å². The van der Waals surface area contributed by atoms with Gasteiger partial charge in [0.1, 0.15) is 0 Å². The summed E-state index contributed by atoms with van der Waals surface area (Å²) in [6.45, 7) is -0.734. The predicted octanol–water partition coefficient (Wildman–Crippen LogP) is 2.64. The molecule has 0 aliphatic rings. The van der Waals surface area contributed by atoms with Gasteiger partial charge in [0.2, 0.25) is 0 Å². The first-order chi connectivity index (χ1) is 7.95. The molecule has 0 bridgehead atoms. The van der Waals surface area contributed by atoms with Crippen LogP contribution in [0.15, 0.2) is 12.1 Å². The summed E-state index contributed by atoms with van der Waals surface area (Å²) in [5.41, 5.74) is 6.27. The quantitative estimate of drug-likeness (QED) is 0.818. The van der Waals surface area contributed by atoms with Gasteiger partial charge in [0.15, 0.2) is 0 Å². The third-order valence-corrected chi connectivity index (χ3v) is 2.86. The van der Waals surface area contributed by atoms with Crippen LogP contribution in [-0.4, -0.2) is 31.2 Å². The van der Waals surface area contributed by atoms with Crippen LogP contribution in [0.1, 0.15) is 0 Å². The van der Waals surface area contributed by atoms with Crippen molar-refractivity contribution in [2.45, 2.75) is 6.43 Å². The molecule has 0 amide bonds. The zero-order chi connectivity index (χ0) is 13.0. The first kappa shape index (κ1) is 14.3. The third kappa shape index (κ3) is 3.87. The molecule has 0 saturated carbocycles. The van der Waals surface area contributed by atoms with Crippen LogP contribution >= 0.6 is 23.2 Å². The van der Waals surface area contributed by atoms with Gasteiger partial charge in [-0.15, -0.1) is 0 Å². The van der Waals surface area contributed by atoms with Crippen molar-refractivity contribution in [2.75, 3.05) is 30.3 Å². The molecule has 3 N–H and O–H groups in total. The average molecular weight is 285 g/mol. The summed E-state index contributed by atoms with van der Waals surface area (Å²) in [7, 11) is 0. The van der Waals surface area contributed by atoms with Gasteiger partial charge in [0.05, 0.1) is 34.6 Å². The monoisotopic (exact) mass is 284 g/mol. The van der Waals surface area contributed by atoms with Crippen LogP contribution in [-0.2, 0) is 0 Å². The van der Waals surface area contributed by atoms with Crippen molar-refractivity contribution >= 4 is 34.6 Å². The summed E-state index contributed by atoms with van der Waals surface area (Å²) >= 11 is 11.5. The molecule has 17 heavy (non-hydrogen) atoms. The largest absolute Gasteiger partial charge is 0.397 e. The Bertz CT molecular complexity index is 391. The van der Waals surface area contributed by atoms with Crippen molar-refractivity contribution in [1.82, 2.24) is 0 Å². The van der Waals surface area contributed by atoms with Crippen LogP contribution in [0.25, 0.3) is 0 Å². The van der Waals surface area contributed by atoms with Gasteiger partial charge in [-0.05, 0) is 12.1 Å². The van der Waals surface area contributed by atoms with Crippen molar-refractivity contribution in [3.05, 3.63) is 22.2 Å². The smallest absolute Gasteiger partial charge is 0.255 e. The number of aliphatic hydroxyl groups is 1. The number of halogens is 4. The van der Waals surface area contributed by atoms with Crippen molar-refractivity contribution in [1.29, 1.82) is 0 Å². The SMILES string of the molecule is Nc1cc(Cl)c(Cl)cc1N(CCO)CC(F)F. The maximum Gasteiger partial charge on any atom is 0.255 e. The van der Waals surface area contributed by atoms with Crippen molar-refractivity contribution in [3.63, 3.8) is 0 Å². The number of nitrogens with two attached hydrogens (primary N) is 1. The first-order valence-corrected chi connectivity index (χ1v) is 5.59.